The van der Waals surface area contributed by atoms with Crippen molar-refractivity contribution in [3.63, 3.8) is 0 Å². The maximum atomic E-state index is 6.36. The van der Waals surface area contributed by atoms with Gasteiger partial charge in [-0.25, -0.2) is 0 Å². The molecule has 1 aromatic heterocycles. The van der Waals surface area contributed by atoms with Crippen LogP contribution in [-0.4, -0.2) is 0 Å². The van der Waals surface area contributed by atoms with E-state index < -0.39 is 0 Å². The molecule has 1 heterocycles. The molecule has 2 heteroatoms. The molecule has 9 aromatic rings. The summed E-state index contributed by atoms with van der Waals surface area (Å²) in [5, 5.41) is 7.11. The average molecular weight is 628 g/mol. The number of fused-ring (bicyclic) bond motifs is 9. The number of para-hydroxylation sites is 1. The minimum Gasteiger partial charge on any atom is -0.456 e. The van der Waals surface area contributed by atoms with Gasteiger partial charge in [0.15, 0.2) is 0 Å². The van der Waals surface area contributed by atoms with Crippen LogP contribution in [0.25, 0.3) is 65.7 Å². The monoisotopic (exact) mass is 627 g/mol. The van der Waals surface area contributed by atoms with Crippen LogP contribution in [0.2, 0.25) is 0 Å². The van der Waals surface area contributed by atoms with Crippen LogP contribution >= 0.6 is 0 Å². The van der Waals surface area contributed by atoms with Crippen molar-refractivity contribution in [2.75, 3.05) is 4.90 Å². The topological polar surface area (TPSA) is 16.4 Å². The van der Waals surface area contributed by atoms with E-state index in [0.717, 1.165) is 39.0 Å². The van der Waals surface area contributed by atoms with Crippen LogP contribution < -0.4 is 4.90 Å². The van der Waals surface area contributed by atoms with Crippen molar-refractivity contribution in [1.82, 2.24) is 0 Å². The molecule has 2 nitrogen and oxygen atoms in total. The van der Waals surface area contributed by atoms with Crippen molar-refractivity contribution >= 4 is 60.5 Å². The zero-order valence-corrected chi connectivity index (χ0v) is 27.4. The quantitative estimate of drug-likeness (QED) is 0.181. The lowest BCUT2D eigenvalue weighted by atomic mass is 9.82. The van der Waals surface area contributed by atoms with Crippen molar-refractivity contribution in [1.29, 1.82) is 0 Å². The second kappa shape index (κ2) is 10.4. The molecular weight excluding hydrogens is 595 g/mol. The Morgan fingerprint density at radius 1 is 0.408 bits per heavy atom. The van der Waals surface area contributed by atoms with Crippen LogP contribution in [0.15, 0.2) is 168 Å². The number of rotatable bonds is 4. The van der Waals surface area contributed by atoms with E-state index in [-0.39, 0.29) is 5.41 Å². The maximum absolute atomic E-state index is 6.36. The second-order valence-corrected chi connectivity index (χ2v) is 13.8. The van der Waals surface area contributed by atoms with E-state index in [1.165, 1.54) is 54.9 Å². The summed E-state index contributed by atoms with van der Waals surface area (Å²) in [5.74, 6) is 0. The van der Waals surface area contributed by atoms with E-state index in [0.29, 0.717) is 0 Å². The fourth-order valence-electron chi connectivity index (χ4n) is 8.13. The van der Waals surface area contributed by atoms with E-state index in [4.69, 9.17) is 4.42 Å². The van der Waals surface area contributed by atoms with Gasteiger partial charge >= 0.3 is 0 Å². The van der Waals surface area contributed by atoms with Crippen LogP contribution in [0.5, 0.6) is 0 Å². The number of hydrogen-bond donors (Lipinski definition) is 0. The van der Waals surface area contributed by atoms with Gasteiger partial charge < -0.3 is 9.32 Å². The molecule has 0 radical (unpaired) electrons. The van der Waals surface area contributed by atoms with Crippen LogP contribution in [-0.2, 0) is 5.41 Å². The van der Waals surface area contributed by atoms with Crippen LogP contribution in [0.1, 0.15) is 25.0 Å². The molecule has 0 atom stereocenters. The summed E-state index contributed by atoms with van der Waals surface area (Å²) in [4.78, 5) is 2.42. The highest BCUT2D eigenvalue weighted by Crippen LogP contribution is 2.51. The smallest absolute Gasteiger partial charge is 0.136 e. The van der Waals surface area contributed by atoms with Gasteiger partial charge in [-0.15, -0.1) is 0 Å². The fraction of sp³-hybridized carbons (Fsp3) is 0.0638. The van der Waals surface area contributed by atoms with Gasteiger partial charge in [-0.05, 0) is 110 Å². The highest BCUT2D eigenvalue weighted by molar-refractivity contribution is 6.16. The average Bonchev–Trinajstić information content (AvgIpc) is 3.62. The maximum Gasteiger partial charge on any atom is 0.136 e. The van der Waals surface area contributed by atoms with Crippen LogP contribution in [0, 0.1) is 0 Å². The number of nitrogens with zero attached hydrogens (tertiary/aromatic N) is 1. The minimum absolute atomic E-state index is 0.100. The lowest BCUT2D eigenvalue weighted by Crippen LogP contribution is -2.16. The summed E-state index contributed by atoms with van der Waals surface area (Å²) < 4.78 is 6.36. The summed E-state index contributed by atoms with van der Waals surface area (Å²) in [6.07, 6.45) is 0. The Balaban J connectivity index is 1.20. The molecular formula is C47H33NO. The van der Waals surface area contributed by atoms with E-state index >= 15 is 0 Å². The first kappa shape index (κ1) is 27.9. The van der Waals surface area contributed by atoms with Crippen LogP contribution in [0.4, 0.5) is 17.1 Å². The summed E-state index contributed by atoms with van der Waals surface area (Å²) in [5.41, 5.74) is 12.9. The molecule has 10 rings (SSSR count). The molecule has 49 heavy (non-hydrogen) atoms. The third-order valence-electron chi connectivity index (χ3n) is 10.6. The van der Waals surface area contributed by atoms with Crippen molar-refractivity contribution < 1.29 is 4.42 Å². The Morgan fingerprint density at radius 3 is 2.00 bits per heavy atom. The molecule has 0 spiro atoms. The van der Waals surface area contributed by atoms with Gasteiger partial charge in [-0.2, -0.15) is 0 Å². The summed E-state index contributed by atoms with van der Waals surface area (Å²) >= 11 is 0. The molecule has 0 bridgehead atoms. The first-order chi connectivity index (χ1) is 24.0. The third kappa shape index (κ3) is 4.27. The molecule has 0 N–H and O–H groups in total. The minimum atomic E-state index is -0.100. The molecule has 0 unspecified atom stereocenters. The summed E-state index contributed by atoms with van der Waals surface area (Å²) in [6, 6.07) is 59.6. The molecule has 0 saturated carbocycles. The van der Waals surface area contributed by atoms with Gasteiger partial charge in [0.05, 0.1) is 0 Å². The molecule has 0 aliphatic heterocycles. The number of anilines is 3. The normalized spacial score (nSPS) is 13.3. The first-order valence-electron chi connectivity index (χ1n) is 17.0. The van der Waals surface area contributed by atoms with Gasteiger partial charge in [-0.1, -0.05) is 123 Å². The van der Waals surface area contributed by atoms with Crippen molar-refractivity contribution in [2.24, 2.45) is 0 Å². The van der Waals surface area contributed by atoms with Gasteiger partial charge in [-0.3, -0.25) is 0 Å². The zero-order valence-electron chi connectivity index (χ0n) is 27.4. The Hall–Kier alpha value is -6.12. The largest absolute Gasteiger partial charge is 0.456 e. The van der Waals surface area contributed by atoms with E-state index in [1.54, 1.807) is 0 Å². The fourth-order valence-corrected chi connectivity index (χ4v) is 8.13. The van der Waals surface area contributed by atoms with Gasteiger partial charge in [0, 0.05) is 33.2 Å². The Labute approximate surface area is 285 Å². The van der Waals surface area contributed by atoms with E-state index in [2.05, 4.69) is 170 Å². The Morgan fingerprint density at radius 2 is 1.08 bits per heavy atom. The highest BCUT2D eigenvalue weighted by atomic mass is 16.3. The van der Waals surface area contributed by atoms with Crippen molar-refractivity contribution in [3.05, 3.63) is 175 Å². The summed E-state index contributed by atoms with van der Waals surface area (Å²) in [6.45, 7) is 4.70. The predicted octanol–water partition coefficient (Wildman–Crippen LogP) is 13.3. The molecule has 0 saturated heterocycles. The van der Waals surface area contributed by atoms with Crippen LogP contribution in [0.3, 0.4) is 0 Å². The van der Waals surface area contributed by atoms with Gasteiger partial charge in [0.1, 0.15) is 11.2 Å². The number of furan rings is 1. The molecule has 8 aromatic carbocycles. The lowest BCUT2D eigenvalue weighted by Gasteiger charge is -2.29. The summed E-state index contributed by atoms with van der Waals surface area (Å²) in [7, 11) is 0. The molecule has 0 amide bonds. The van der Waals surface area contributed by atoms with E-state index in [9.17, 15) is 0 Å². The Kier molecular flexibility index (Phi) is 5.95. The number of hydrogen-bond acceptors (Lipinski definition) is 2. The van der Waals surface area contributed by atoms with Crippen molar-refractivity contribution in [2.45, 2.75) is 19.3 Å². The van der Waals surface area contributed by atoms with Crippen molar-refractivity contribution in [3.8, 4) is 22.3 Å². The van der Waals surface area contributed by atoms with Gasteiger partial charge in [0.25, 0.3) is 0 Å². The highest BCUT2D eigenvalue weighted by Gasteiger charge is 2.35. The third-order valence-corrected chi connectivity index (χ3v) is 10.6. The SMILES string of the molecule is CC1(C)c2ccccc2-c2ccc(N(c3cccc(-c4ccccc4)c3)c3ccc4ccc5cc6c(cc5c4c3)oc3ccccc36)cc21. The van der Waals surface area contributed by atoms with E-state index in [1.807, 2.05) is 12.1 Å². The molecule has 1 aliphatic carbocycles. The first-order valence-corrected chi connectivity index (χ1v) is 17.0. The Bertz CT molecular complexity index is 2750. The number of benzene rings is 8. The standard InChI is InChI=1S/C47H33NO/c1-47(2)43-17-8-6-15-37(43)38-24-23-36(28-44(38)47)48(34-14-10-13-32(25-34)30-11-4-3-5-12-30)35-22-21-31-19-20-33-26-42-39-16-7-9-18-45(39)49-46(42)29-41(33)40(31)27-35/h3-29H,1-2H3. The molecule has 0 fully saturated rings. The zero-order chi connectivity index (χ0) is 32.7. The molecule has 232 valence electrons. The lowest BCUT2D eigenvalue weighted by molar-refractivity contribution is 0.660. The molecule has 1 aliphatic rings. The second-order valence-electron chi connectivity index (χ2n) is 13.8. The van der Waals surface area contributed by atoms with Gasteiger partial charge in [0.2, 0.25) is 0 Å². The predicted molar refractivity (Wildman–Crippen MR) is 206 cm³/mol.